The van der Waals surface area contributed by atoms with Crippen LogP contribution in [0.25, 0.3) is 11.0 Å². The Kier molecular flexibility index (Phi) is 3.65. The maximum atomic E-state index is 11.8. The van der Waals surface area contributed by atoms with E-state index in [9.17, 15) is 4.79 Å². The monoisotopic (exact) mass is 314 g/mol. The van der Waals surface area contributed by atoms with E-state index >= 15 is 0 Å². The van der Waals surface area contributed by atoms with Gasteiger partial charge in [0.15, 0.2) is 0 Å². The highest BCUT2D eigenvalue weighted by molar-refractivity contribution is 6.32. The smallest absolute Gasteiger partial charge is 0.336 e. The van der Waals surface area contributed by atoms with Crippen molar-refractivity contribution in [3.8, 4) is 6.07 Å². The minimum Gasteiger partial charge on any atom is -0.423 e. The van der Waals surface area contributed by atoms with Gasteiger partial charge < -0.3 is 8.98 Å². The first-order chi connectivity index (χ1) is 10.6. The van der Waals surface area contributed by atoms with E-state index in [2.05, 4.69) is 10.2 Å². The molecule has 0 N–H and O–H groups in total. The normalized spacial score (nSPS) is 10.8. The summed E-state index contributed by atoms with van der Waals surface area (Å²) in [5, 5.41) is 17.7. The molecule has 0 atom stereocenters. The summed E-state index contributed by atoms with van der Waals surface area (Å²) in [4.78, 5) is 11.8. The third-order valence-electron chi connectivity index (χ3n) is 3.43. The van der Waals surface area contributed by atoms with Crippen molar-refractivity contribution in [3.05, 3.63) is 56.9 Å². The number of hydrogen-bond acceptors (Lipinski definition) is 5. The molecular formula is C15H11ClN4O2. The standard InChI is InChI=1S/C15H11ClN4O2/c1-2-9-3-13-11(5-12(9)16)10(4-15(21)22-13)7-20-8-18-19-14(20)6-17/h3-5,8H,2,7H2,1H3. The van der Waals surface area contributed by atoms with E-state index in [-0.39, 0.29) is 5.82 Å². The van der Waals surface area contributed by atoms with Crippen LogP contribution in [0.2, 0.25) is 5.02 Å². The molecule has 0 aliphatic heterocycles. The molecule has 0 spiro atoms. The fourth-order valence-corrected chi connectivity index (χ4v) is 2.63. The molecule has 2 aromatic heterocycles. The summed E-state index contributed by atoms with van der Waals surface area (Å²) in [6.45, 7) is 2.27. The average molecular weight is 315 g/mol. The molecule has 3 aromatic rings. The summed E-state index contributed by atoms with van der Waals surface area (Å²) < 4.78 is 6.82. The Morgan fingerprint density at radius 2 is 2.18 bits per heavy atom. The van der Waals surface area contributed by atoms with Gasteiger partial charge in [-0.2, -0.15) is 5.26 Å². The highest BCUT2D eigenvalue weighted by Crippen LogP contribution is 2.26. The second-order valence-corrected chi connectivity index (χ2v) is 5.19. The summed E-state index contributed by atoms with van der Waals surface area (Å²) in [7, 11) is 0. The van der Waals surface area contributed by atoms with Crippen molar-refractivity contribution in [1.82, 2.24) is 14.8 Å². The zero-order valence-corrected chi connectivity index (χ0v) is 12.5. The quantitative estimate of drug-likeness (QED) is 0.693. The van der Waals surface area contributed by atoms with Crippen molar-refractivity contribution >= 4 is 22.6 Å². The molecule has 22 heavy (non-hydrogen) atoms. The molecular weight excluding hydrogens is 304 g/mol. The number of hydrogen-bond donors (Lipinski definition) is 0. The first-order valence-electron chi connectivity index (χ1n) is 6.65. The lowest BCUT2D eigenvalue weighted by Gasteiger charge is -2.09. The SMILES string of the molecule is CCc1cc2oc(=O)cc(Cn3cnnc3C#N)c2cc1Cl. The number of fused-ring (bicyclic) bond motifs is 1. The van der Waals surface area contributed by atoms with E-state index in [1.807, 2.05) is 13.0 Å². The molecule has 0 saturated carbocycles. The highest BCUT2D eigenvalue weighted by Gasteiger charge is 2.12. The van der Waals surface area contributed by atoms with Crippen LogP contribution in [-0.4, -0.2) is 14.8 Å². The Labute approximate surface area is 130 Å². The largest absolute Gasteiger partial charge is 0.423 e. The third kappa shape index (κ3) is 2.47. The number of aromatic nitrogens is 3. The molecule has 0 aliphatic rings. The van der Waals surface area contributed by atoms with Gasteiger partial charge >= 0.3 is 5.63 Å². The summed E-state index contributed by atoms with van der Waals surface area (Å²) in [6.07, 6.45) is 2.19. The van der Waals surface area contributed by atoms with Crippen molar-refractivity contribution in [2.24, 2.45) is 0 Å². The minimum absolute atomic E-state index is 0.178. The van der Waals surface area contributed by atoms with Gasteiger partial charge in [-0.15, -0.1) is 10.2 Å². The molecule has 0 saturated heterocycles. The summed E-state index contributed by atoms with van der Waals surface area (Å²) in [6, 6.07) is 6.90. The molecule has 0 radical (unpaired) electrons. The number of rotatable bonds is 3. The maximum absolute atomic E-state index is 11.8. The van der Waals surface area contributed by atoms with Crippen LogP contribution in [0.4, 0.5) is 0 Å². The zero-order valence-electron chi connectivity index (χ0n) is 11.7. The molecule has 0 fully saturated rings. The van der Waals surface area contributed by atoms with Gasteiger partial charge in [0, 0.05) is 16.5 Å². The van der Waals surface area contributed by atoms with Crippen LogP contribution in [0, 0.1) is 11.3 Å². The zero-order chi connectivity index (χ0) is 15.7. The van der Waals surface area contributed by atoms with E-state index in [4.69, 9.17) is 21.3 Å². The minimum atomic E-state index is -0.446. The molecule has 0 amide bonds. The first kappa shape index (κ1) is 14.3. The predicted molar refractivity (Wildman–Crippen MR) is 80.7 cm³/mol. The Morgan fingerprint density at radius 3 is 2.91 bits per heavy atom. The van der Waals surface area contributed by atoms with E-state index < -0.39 is 5.63 Å². The Hall–Kier alpha value is -2.65. The van der Waals surface area contributed by atoms with Crippen molar-refractivity contribution in [2.45, 2.75) is 19.9 Å². The molecule has 0 aliphatic carbocycles. The maximum Gasteiger partial charge on any atom is 0.336 e. The van der Waals surface area contributed by atoms with E-state index in [0.29, 0.717) is 22.7 Å². The summed E-state index contributed by atoms with van der Waals surface area (Å²) in [5.74, 6) is 0.178. The van der Waals surface area contributed by atoms with Crippen LogP contribution in [0.3, 0.4) is 0 Å². The average Bonchev–Trinajstić information content (AvgIpc) is 2.94. The van der Waals surface area contributed by atoms with Crippen LogP contribution < -0.4 is 5.63 Å². The van der Waals surface area contributed by atoms with E-state index in [1.165, 1.54) is 12.4 Å². The van der Waals surface area contributed by atoms with Gasteiger partial charge in [-0.3, -0.25) is 0 Å². The van der Waals surface area contributed by atoms with Gasteiger partial charge in [0.25, 0.3) is 0 Å². The van der Waals surface area contributed by atoms with Crippen molar-refractivity contribution in [1.29, 1.82) is 5.26 Å². The van der Waals surface area contributed by atoms with Crippen molar-refractivity contribution < 1.29 is 4.42 Å². The Balaban J connectivity index is 2.19. The predicted octanol–water partition coefficient (Wildman–Crippen LogP) is 2.52. The lowest BCUT2D eigenvalue weighted by Crippen LogP contribution is -2.07. The number of halogens is 1. The second kappa shape index (κ2) is 5.62. The number of aryl methyl sites for hydroxylation is 1. The number of benzene rings is 1. The van der Waals surface area contributed by atoms with Gasteiger partial charge in [-0.1, -0.05) is 18.5 Å². The third-order valence-corrected chi connectivity index (χ3v) is 3.79. The number of nitrogens with zero attached hydrogens (tertiary/aromatic N) is 4. The number of nitriles is 1. The summed E-state index contributed by atoms with van der Waals surface area (Å²) in [5.41, 5.74) is 1.65. The molecule has 3 rings (SSSR count). The highest BCUT2D eigenvalue weighted by atomic mass is 35.5. The van der Waals surface area contributed by atoms with Crippen molar-refractivity contribution in [2.75, 3.05) is 0 Å². The molecule has 7 heteroatoms. The van der Waals surface area contributed by atoms with Crippen LogP contribution in [0.5, 0.6) is 0 Å². The van der Waals surface area contributed by atoms with Gasteiger partial charge in [0.05, 0.1) is 6.54 Å². The van der Waals surface area contributed by atoms with Crippen LogP contribution in [-0.2, 0) is 13.0 Å². The van der Waals surface area contributed by atoms with Crippen LogP contribution >= 0.6 is 11.6 Å². The second-order valence-electron chi connectivity index (χ2n) is 4.78. The molecule has 0 bridgehead atoms. The molecule has 110 valence electrons. The first-order valence-corrected chi connectivity index (χ1v) is 7.03. The van der Waals surface area contributed by atoms with Crippen LogP contribution in [0.15, 0.2) is 33.7 Å². The molecule has 0 unspecified atom stereocenters. The molecule has 1 aromatic carbocycles. The van der Waals surface area contributed by atoms with Crippen LogP contribution in [0.1, 0.15) is 23.9 Å². The fraction of sp³-hybridized carbons (Fsp3) is 0.200. The van der Waals surface area contributed by atoms with Gasteiger partial charge in [-0.25, -0.2) is 4.79 Å². The fourth-order valence-electron chi connectivity index (χ4n) is 2.33. The Bertz CT molecular complexity index is 952. The summed E-state index contributed by atoms with van der Waals surface area (Å²) >= 11 is 6.25. The molecule has 2 heterocycles. The van der Waals surface area contributed by atoms with E-state index in [1.54, 1.807) is 16.7 Å². The Morgan fingerprint density at radius 1 is 1.36 bits per heavy atom. The lowest BCUT2D eigenvalue weighted by molar-refractivity contribution is 0.557. The van der Waals surface area contributed by atoms with E-state index in [0.717, 1.165) is 17.4 Å². The van der Waals surface area contributed by atoms with Gasteiger partial charge in [0.1, 0.15) is 18.0 Å². The van der Waals surface area contributed by atoms with Crippen molar-refractivity contribution in [3.63, 3.8) is 0 Å². The van der Waals surface area contributed by atoms with Gasteiger partial charge in [-0.05, 0) is 29.7 Å². The van der Waals surface area contributed by atoms with Gasteiger partial charge in [0.2, 0.25) is 5.82 Å². The molecule has 6 nitrogen and oxygen atoms in total. The lowest BCUT2D eigenvalue weighted by atomic mass is 10.1. The topological polar surface area (TPSA) is 84.7 Å².